The largest absolute Gasteiger partial charge is 0.493 e. The van der Waals surface area contributed by atoms with Gasteiger partial charge < -0.3 is 10.1 Å². The number of hydrogen-bond acceptors (Lipinski definition) is 4. The monoisotopic (exact) mass is 488 g/mol. The molecule has 0 saturated carbocycles. The summed E-state index contributed by atoms with van der Waals surface area (Å²) in [7, 11) is 0. The van der Waals surface area contributed by atoms with Crippen molar-refractivity contribution in [1.82, 2.24) is 20.0 Å². The second kappa shape index (κ2) is 12.7. The highest BCUT2D eigenvalue weighted by Gasteiger charge is 2.13. The van der Waals surface area contributed by atoms with Gasteiger partial charge in [-0.25, -0.2) is 0 Å². The lowest BCUT2D eigenvalue weighted by atomic mass is 9.99. The van der Waals surface area contributed by atoms with E-state index in [0.717, 1.165) is 61.6 Å². The highest BCUT2D eigenvalue weighted by molar-refractivity contribution is 5.94. The molecule has 4 rings (SSSR count). The van der Waals surface area contributed by atoms with Gasteiger partial charge in [0.25, 0.3) is 5.91 Å². The summed E-state index contributed by atoms with van der Waals surface area (Å²) in [5.74, 6) is 0.812. The number of fused-ring (bicyclic) bond motifs is 3. The molecule has 0 aliphatic carbocycles. The van der Waals surface area contributed by atoms with Gasteiger partial charge in [-0.3, -0.25) is 14.4 Å². The number of benzene rings is 2. The van der Waals surface area contributed by atoms with Crippen LogP contribution >= 0.6 is 0 Å². The first kappa shape index (κ1) is 26.0. The molecule has 6 heteroatoms. The third-order valence-corrected chi connectivity index (χ3v) is 6.74. The van der Waals surface area contributed by atoms with Crippen LogP contribution in [0.15, 0.2) is 48.5 Å². The van der Waals surface area contributed by atoms with Gasteiger partial charge >= 0.3 is 0 Å². The van der Waals surface area contributed by atoms with Crippen LogP contribution in [0.4, 0.5) is 0 Å². The van der Waals surface area contributed by atoms with E-state index in [9.17, 15) is 4.79 Å². The average molecular weight is 489 g/mol. The van der Waals surface area contributed by atoms with E-state index in [0.29, 0.717) is 25.3 Å². The Labute approximate surface area is 215 Å². The smallest absolute Gasteiger partial charge is 0.251 e. The fourth-order valence-corrected chi connectivity index (χ4v) is 4.98. The molecule has 0 fully saturated rings. The number of nitrogens with one attached hydrogen (secondary N) is 1. The topological polar surface area (TPSA) is 59.4 Å². The Morgan fingerprint density at radius 2 is 1.89 bits per heavy atom. The molecule has 0 spiro atoms. The lowest BCUT2D eigenvalue weighted by Crippen LogP contribution is -2.28. The number of aryl methyl sites for hydroxylation is 2. The second-order valence-electron chi connectivity index (χ2n) is 9.91. The van der Waals surface area contributed by atoms with E-state index in [1.165, 1.54) is 24.0 Å². The maximum Gasteiger partial charge on any atom is 0.251 e. The molecule has 3 aromatic rings. The van der Waals surface area contributed by atoms with E-state index in [-0.39, 0.29) is 5.91 Å². The van der Waals surface area contributed by atoms with E-state index in [4.69, 9.17) is 4.74 Å². The van der Waals surface area contributed by atoms with Gasteiger partial charge in [0.2, 0.25) is 0 Å². The maximum atomic E-state index is 13.0. The molecule has 2 aromatic carbocycles. The summed E-state index contributed by atoms with van der Waals surface area (Å²) < 4.78 is 8.14. The summed E-state index contributed by atoms with van der Waals surface area (Å²) in [6.45, 7) is 11.4. The lowest BCUT2D eigenvalue weighted by Gasteiger charge is -2.22. The van der Waals surface area contributed by atoms with Crippen molar-refractivity contribution in [3.8, 4) is 5.75 Å². The standard InChI is InChI=1S/C30H40N4O2/c1-4-14-33-15-6-5-7-17-36-29-12-11-27(21-28(29)20-25-9-8-10-26(19-25)22-33)30(35)31-13-16-34-24(3)18-23(2)32-34/h8-12,18-19,21H,4-7,13-17,20,22H2,1-3H3,(H,31,35). The van der Waals surface area contributed by atoms with Crippen molar-refractivity contribution in [2.24, 2.45) is 0 Å². The fraction of sp³-hybridized carbons (Fsp3) is 0.467. The van der Waals surface area contributed by atoms with Crippen LogP contribution in [0.1, 0.15) is 71.0 Å². The van der Waals surface area contributed by atoms with Gasteiger partial charge in [-0.2, -0.15) is 5.10 Å². The zero-order valence-electron chi connectivity index (χ0n) is 22.1. The molecule has 36 heavy (non-hydrogen) atoms. The summed E-state index contributed by atoms with van der Waals surface area (Å²) in [6, 6.07) is 16.7. The van der Waals surface area contributed by atoms with Crippen LogP contribution in [0.25, 0.3) is 0 Å². The molecule has 0 saturated heterocycles. The van der Waals surface area contributed by atoms with E-state index >= 15 is 0 Å². The first-order valence-electron chi connectivity index (χ1n) is 13.4. The summed E-state index contributed by atoms with van der Waals surface area (Å²) in [5.41, 5.74) is 6.40. The van der Waals surface area contributed by atoms with Crippen molar-refractivity contribution in [1.29, 1.82) is 0 Å². The number of nitrogens with zero attached hydrogens (tertiary/aromatic N) is 3. The molecular weight excluding hydrogens is 448 g/mol. The normalized spacial score (nSPS) is 15.0. The summed E-state index contributed by atoms with van der Waals surface area (Å²) in [5, 5.41) is 7.52. The Hall–Kier alpha value is -3.12. The van der Waals surface area contributed by atoms with E-state index in [1.54, 1.807) is 0 Å². The van der Waals surface area contributed by atoms with Gasteiger partial charge in [0.1, 0.15) is 5.75 Å². The minimum atomic E-state index is -0.0670. The van der Waals surface area contributed by atoms with E-state index < -0.39 is 0 Å². The maximum absolute atomic E-state index is 13.0. The van der Waals surface area contributed by atoms with Crippen molar-refractivity contribution in [3.63, 3.8) is 0 Å². The van der Waals surface area contributed by atoms with Gasteiger partial charge in [-0.15, -0.1) is 0 Å². The highest BCUT2D eigenvalue weighted by Crippen LogP contribution is 2.25. The van der Waals surface area contributed by atoms with Crippen LogP contribution in [-0.4, -0.2) is 46.8 Å². The van der Waals surface area contributed by atoms with Crippen LogP contribution in [0.3, 0.4) is 0 Å². The number of carbonyl (C=O) groups excluding carboxylic acids is 1. The quantitative estimate of drug-likeness (QED) is 0.512. The summed E-state index contributed by atoms with van der Waals surface area (Å²) in [4.78, 5) is 15.5. The number of rotatable bonds is 6. The summed E-state index contributed by atoms with van der Waals surface area (Å²) in [6.07, 6.45) is 5.29. The molecule has 0 atom stereocenters. The molecule has 1 aromatic heterocycles. The SMILES string of the molecule is CCCN1CCCCCOc2ccc(C(=O)NCCn3nc(C)cc3C)cc2Cc2cccc(c2)C1. The third kappa shape index (κ3) is 7.20. The van der Waals surface area contributed by atoms with Crippen LogP contribution in [0, 0.1) is 13.8 Å². The first-order chi connectivity index (χ1) is 17.5. The van der Waals surface area contributed by atoms with Crippen molar-refractivity contribution in [3.05, 3.63) is 82.2 Å². The Bertz CT molecular complexity index is 1150. The Morgan fingerprint density at radius 1 is 1.03 bits per heavy atom. The van der Waals surface area contributed by atoms with Gasteiger partial charge in [0.05, 0.1) is 18.8 Å². The Morgan fingerprint density at radius 3 is 2.69 bits per heavy atom. The molecule has 1 aliphatic rings. The molecule has 2 bridgehead atoms. The fourth-order valence-electron chi connectivity index (χ4n) is 4.98. The minimum absolute atomic E-state index is 0.0670. The zero-order chi connectivity index (χ0) is 25.3. The molecule has 1 N–H and O–H groups in total. The number of carbonyl (C=O) groups is 1. The van der Waals surface area contributed by atoms with Gasteiger partial charge in [-0.05, 0) is 93.6 Å². The van der Waals surface area contributed by atoms with Crippen molar-refractivity contribution < 1.29 is 9.53 Å². The van der Waals surface area contributed by atoms with Crippen LogP contribution in [0.2, 0.25) is 0 Å². The zero-order valence-corrected chi connectivity index (χ0v) is 22.1. The molecule has 1 amide bonds. The van der Waals surface area contributed by atoms with E-state index in [1.807, 2.05) is 42.8 Å². The second-order valence-corrected chi connectivity index (χ2v) is 9.91. The molecule has 6 nitrogen and oxygen atoms in total. The summed E-state index contributed by atoms with van der Waals surface area (Å²) >= 11 is 0. The predicted octanol–water partition coefficient (Wildman–Crippen LogP) is 5.30. The molecule has 1 aliphatic heterocycles. The van der Waals surface area contributed by atoms with Crippen molar-refractivity contribution >= 4 is 5.91 Å². The van der Waals surface area contributed by atoms with Crippen molar-refractivity contribution in [2.75, 3.05) is 26.2 Å². The molecule has 0 radical (unpaired) electrons. The minimum Gasteiger partial charge on any atom is -0.493 e. The number of hydrogen-bond donors (Lipinski definition) is 1. The first-order valence-corrected chi connectivity index (χ1v) is 13.4. The van der Waals surface area contributed by atoms with Crippen LogP contribution < -0.4 is 10.1 Å². The molecule has 2 heterocycles. The molecule has 192 valence electrons. The van der Waals surface area contributed by atoms with Gasteiger partial charge in [0.15, 0.2) is 0 Å². The third-order valence-electron chi connectivity index (χ3n) is 6.74. The number of amides is 1. The highest BCUT2D eigenvalue weighted by atomic mass is 16.5. The van der Waals surface area contributed by atoms with Crippen LogP contribution in [0.5, 0.6) is 5.75 Å². The molecular formula is C30H40N4O2. The number of ether oxygens (including phenoxy) is 1. The average Bonchev–Trinajstić information content (AvgIpc) is 3.18. The lowest BCUT2D eigenvalue weighted by molar-refractivity contribution is 0.0951. The number of aromatic nitrogens is 2. The van der Waals surface area contributed by atoms with Gasteiger partial charge in [-0.1, -0.05) is 31.2 Å². The predicted molar refractivity (Wildman–Crippen MR) is 145 cm³/mol. The Kier molecular flexibility index (Phi) is 9.17. The van der Waals surface area contributed by atoms with Crippen LogP contribution in [-0.2, 0) is 19.5 Å². The Balaban J connectivity index is 1.49. The van der Waals surface area contributed by atoms with E-state index in [2.05, 4.69) is 46.5 Å². The van der Waals surface area contributed by atoms with Gasteiger partial charge in [0, 0.05) is 30.8 Å². The molecule has 0 unspecified atom stereocenters. The van der Waals surface area contributed by atoms with Crippen molar-refractivity contribution in [2.45, 2.75) is 66.0 Å².